The third-order valence-corrected chi connectivity index (χ3v) is 2.72. The molecule has 0 radical (unpaired) electrons. The maximum atomic E-state index is 9.40. The number of pyridine rings is 1. The van der Waals surface area contributed by atoms with Crippen molar-refractivity contribution in [3.8, 4) is 6.07 Å². The molecular formula is C13H18N2. The minimum atomic E-state index is -0.370. The Morgan fingerprint density at radius 3 is 2.33 bits per heavy atom. The predicted octanol–water partition coefficient (Wildman–Crippen LogP) is 3.44. The number of aromatic nitrogens is 1. The molecule has 1 aromatic rings. The summed E-state index contributed by atoms with van der Waals surface area (Å²) in [4.78, 5) is 4.34. The number of nitriles is 1. The molecule has 0 unspecified atom stereocenters. The summed E-state index contributed by atoms with van der Waals surface area (Å²) >= 11 is 0. The Morgan fingerprint density at radius 1 is 1.27 bits per heavy atom. The summed E-state index contributed by atoms with van der Waals surface area (Å²) in [6, 6.07) is 8.29. The molecule has 1 aromatic heterocycles. The van der Waals surface area contributed by atoms with Crippen molar-refractivity contribution in [3.63, 3.8) is 0 Å². The summed E-state index contributed by atoms with van der Waals surface area (Å²) in [5, 5.41) is 9.40. The van der Waals surface area contributed by atoms with Crippen LogP contribution in [-0.4, -0.2) is 4.98 Å². The fourth-order valence-electron chi connectivity index (χ4n) is 2.05. The van der Waals surface area contributed by atoms with Crippen LogP contribution in [0.25, 0.3) is 0 Å². The Morgan fingerprint density at radius 2 is 1.93 bits per heavy atom. The lowest BCUT2D eigenvalue weighted by Crippen LogP contribution is -2.25. The first kappa shape index (κ1) is 11.7. The summed E-state index contributed by atoms with van der Waals surface area (Å²) in [6.45, 7) is 4.23. The fourth-order valence-corrected chi connectivity index (χ4v) is 2.05. The van der Waals surface area contributed by atoms with E-state index < -0.39 is 0 Å². The molecular weight excluding hydrogens is 184 g/mol. The van der Waals surface area contributed by atoms with Crippen molar-refractivity contribution < 1.29 is 0 Å². The zero-order chi connectivity index (χ0) is 11.1. The van der Waals surface area contributed by atoms with Crippen LogP contribution in [-0.2, 0) is 5.41 Å². The van der Waals surface area contributed by atoms with Gasteiger partial charge in [0.05, 0.1) is 17.2 Å². The normalized spacial score (nSPS) is 11.0. The monoisotopic (exact) mass is 202 g/mol. The topological polar surface area (TPSA) is 36.7 Å². The van der Waals surface area contributed by atoms with Crippen molar-refractivity contribution in [1.29, 1.82) is 5.26 Å². The smallest absolute Gasteiger partial charge is 0.0992 e. The van der Waals surface area contributed by atoms with Crippen molar-refractivity contribution in [1.82, 2.24) is 4.98 Å². The van der Waals surface area contributed by atoms with E-state index in [2.05, 4.69) is 24.9 Å². The first-order valence-corrected chi connectivity index (χ1v) is 5.62. The van der Waals surface area contributed by atoms with Gasteiger partial charge in [0.1, 0.15) is 0 Å². The zero-order valence-electron chi connectivity index (χ0n) is 9.53. The van der Waals surface area contributed by atoms with Gasteiger partial charge in [-0.3, -0.25) is 4.98 Å². The highest BCUT2D eigenvalue weighted by atomic mass is 14.7. The number of rotatable bonds is 5. The molecule has 1 rings (SSSR count). The van der Waals surface area contributed by atoms with Gasteiger partial charge in [-0.15, -0.1) is 0 Å². The summed E-state index contributed by atoms with van der Waals surface area (Å²) in [6.07, 6.45) is 5.60. The van der Waals surface area contributed by atoms with E-state index in [4.69, 9.17) is 0 Å². The molecule has 2 nitrogen and oxygen atoms in total. The standard InChI is InChI=1S/C13H18N2/c1-3-8-13(11-14,9-4-2)12-7-5-6-10-15-12/h5-7,10H,3-4,8-9H2,1-2H3. The summed E-state index contributed by atoms with van der Waals surface area (Å²) < 4.78 is 0. The average Bonchev–Trinajstić information content (AvgIpc) is 2.30. The van der Waals surface area contributed by atoms with Crippen molar-refractivity contribution >= 4 is 0 Å². The molecule has 0 aliphatic heterocycles. The second kappa shape index (κ2) is 5.50. The van der Waals surface area contributed by atoms with Gasteiger partial charge in [0.15, 0.2) is 0 Å². The maximum absolute atomic E-state index is 9.40. The van der Waals surface area contributed by atoms with E-state index >= 15 is 0 Å². The summed E-state index contributed by atoms with van der Waals surface area (Å²) in [5.41, 5.74) is 0.557. The molecule has 1 heterocycles. The SMILES string of the molecule is CCCC(C#N)(CCC)c1ccccn1. The molecule has 0 saturated carbocycles. The molecule has 0 amide bonds. The average molecular weight is 202 g/mol. The molecule has 0 saturated heterocycles. The second-order valence-electron chi connectivity index (χ2n) is 3.91. The number of hydrogen-bond donors (Lipinski definition) is 0. The molecule has 15 heavy (non-hydrogen) atoms. The van der Waals surface area contributed by atoms with Crippen LogP contribution in [0.2, 0.25) is 0 Å². The van der Waals surface area contributed by atoms with Crippen LogP contribution in [0.4, 0.5) is 0 Å². The van der Waals surface area contributed by atoms with Gasteiger partial charge in [0, 0.05) is 6.20 Å². The van der Waals surface area contributed by atoms with Crippen LogP contribution in [0.15, 0.2) is 24.4 Å². The van der Waals surface area contributed by atoms with Gasteiger partial charge in [-0.05, 0) is 25.0 Å². The lowest BCUT2D eigenvalue weighted by molar-refractivity contribution is 0.442. The van der Waals surface area contributed by atoms with Gasteiger partial charge < -0.3 is 0 Å². The van der Waals surface area contributed by atoms with Crippen LogP contribution in [0.1, 0.15) is 45.2 Å². The minimum absolute atomic E-state index is 0.370. The van der Waals surface area contributed by atoms with Crippen LogP contribution in [0.3, 0.4) is 0 Å². The quantitative estimate of drug-likeness (QED) is 0.733. The Balaban J connectivity index is 3.05. The van der Waals surface area contributed by atoms with Gasteiger partial charge in [-0.1, -0.05) is 32.8 Å². The van der Waals surface area contributed by atoms with Gasteiger partial charge in [0.25, 0.3) is 0 Å². The second-order valence-corrected chi connectivity index (χ2v) is 3.91. The van der Waals surface area contributed by atoms with Crippen molar-refractivity contribution in [3.05, 3.63) is 30.1 Å². The highest BCUT2D eigenvalue weighted by Crippen LogP contribution is 2.32. The van der Waals surface area contributed by atoms with Gasteiger partial charge in [-0.2, -0.15) is 5.26 Å². The van der Waals surface area contributed by atoms with E-state index in [1.807, 2.05) is 18.2 Å². The van der Waals surface area contributed by atoms with E-state index in [9.17, 15) is 5.26 Å². The summed E-state index contributed by atoms with van der Waals surface area (Å²) in [5.74, 6) is 0. The van der Waals surface area contributed by atoms with E-state index in [-0.39, 0.29) is 5.41 Å². The van der Waals surface area contributed by atoms with Gasteiger partial charge >= 0.3 is 0 Å². The first-order chi connectivity index (χ1) is 7.29. The maximum Gasteiger partial charge on any atom is 0.0992 e. The fraction of sp³-hybridized carbons (Fsp3) is 0.538. The minimum Gasteiger partial charge on any atom is -0.260 e. The van der Waals surface area contributed by atoms with E-state index in [1.165, 1.54) is 0 Å². The zero-order valence-corrected chi connectivity index (χ0v) is 9.53. The number of nitrogens with zero attached hydrogens (tertiary/aromatic N) is 2. The van der Waals surface area contributed by atoms with Crippen molar-refractivity contribution in [2.24, 2.45) is 0 Å². The van der Waals surface area contributed by atoms with E-state index in [1.54, 1.807) is 6.20 Å². The van der Waals surface area contributed by atoms with Crippen LogP contribution in [0, 0.1) is 11.3 Å². The molecule has 0 aromatic carbocycles. The Kier molecular flexibility index (Phi) is 4.30. The lowest BCUT2D eigenvalue weighted by Gasteiger charge is -2.24. The van der Waals surface area contributed by atoms with Crippen LogP contribution >= 0.6 is 0 Å². The first-order valence-electron chi connectivity index (χ1n) is 5.62. The Labute approximate surface area is 92.0 Å². The van der Waals surface area contributed by atoms with Crippen LogP contribution in [0.5, 0.6) is 0 Å². The van der Waals surface area contributed by atoms with Gasteiger partial charge in [0.2, 0.25) is 0 Å². The molecule has 80 valence electrons. The van der Waals surface area contributed by atoms with Gasteiger partial charge in [-0.25, -0.2) is 0 Å². The number of hydrogen-bond acceptors (Lipinski definition) is 2. The molecule has 0 bridgehead atoms. The third-order valence-electron chi connectivity index (χ3n) is 2.72. The highest BCUT2D eigenvalue weighted by molar-refractivity contribution is 5.25. The largest absolute Gasteiger partial charge is 0.260 e. The molecule has 0 atom stereocenters. The van der Waals surface area contributed by atoms with E-state index in [0.717, 1.165) is 31.4 Å². The van der Waals surface area contributed by atoms with Crippen LogP contribution < -0.4 is 0 Å². The molecule has 0 spiro atoms. The van der Waals surface area contributed by atoms with Crippen molar-refractivity contribution in [2.45, 2.75) is 44.9 Å². The third kappa shape index (κ3) is 2.56. The van der Waals surface area contributed by atoms with E-state index in [0.29, 0.717) is 0 Å². The Hall–Kier alpha value is -1.36. The Bertz CT molecular complexity index is 318. The molecule has 0 N–H and O–H groups in total. The summed E-state index contributed by atoms with van der Waals surface area (Å²) in [7, 11) is 0. The molecule has 0 aliphatic carbocycles. The van der Waals surface area contributed by atoms with Crippen molar-refractivity contribution in [2.75, 3.05) is 0 Å². The highest BCUT2D eigenvalue weighted by Gasteiger charge is 2.31. The molecule has 0 aliphatic rings. The lowest BCUT2D eigenvalue weighted by atomic mass is 9.77. The predicted molar refractivity (Wildman–Crippen MR) is 61.3 cm³/mol. The molecule has 0 fully saturated rings. The molecule has 2 heteroatoms.